The summed E-state index contributed by atoms with van der Waals surface area (Å²) in [5.41, 5.74) is 0.871. The van der Waals surface area contributed by atoms with Gasteiger partial charge in [0, 0.05) is 19.2 Å². The fourth-order valence-electron chi connectivity index (χ4n) is 3.19. The highest BCUT2D eigenvalue weighted by Crippen LogP contribution is 2.24. The fourth-order valence-corrected chi connectivity index (χ4v) is 3.19. The molecule has 1 aliphatic heterocycles. The van der Waals surface area contributed by atoms with Crippen LogP contribution in [0.2, 0.25) is 0 Å². The van der Waals surface area contributed by atoms with Gasteiger partial charge in [0.15, 0.2) is 0 Å². The summed E-state index contributed by atoms with van der Waals surface area (Å²) in [4.78, 5) is 25.1. The summed E-state index contributed by atoms with van der Waals surface area (Å²) in [6.07, 6.45) is 6.72. The minimum Gasteiger partial charge on any atom is -0.468 e. The highest BCUT2D eigenvalue weighted by atomic mass is 16.3. The first-order valence-corrected chi connectivity index (χ1v) is 8.42. The molecular formula is C18H24N4O2. The normalized spacial score (nSPS) is 17.6. The van der Waals surface area contributed by atoms with Gasteiger partial charge in [-0.1, -0.05) is 0 Å². The monoisotopic (exact) mass is 328 g/mol. The summed E-state index contributed by atoms with van der Waals surface area (Å²) in [7, 11) is 1.87. The van der Waals surface area contributed by atoms with Crippen LogP contribution in [0.15, 0.2) is 41.4 Å². The van der Waals surface area contributed by atoms with Crippen molar-refractivity contribution >= 4 is 5.91 Å². The molecule has 1 amide bonds. The average Bonchev–Trinajstić information content (AvgIpc) is 3.14. The first-order valence-electron chi connectivity index (χ1n) is 8.42. The van der Waals surface area contributed by atoms with E-state index in [1.165, 1.54) is 6.33 Å². The van der Waals surface area contributed by atoms with E-state index in [9.17, 15) is 4.79 Å². The van der Waals surface area contributed by atoms with E-state index in [0.717, 1.165) is 43.9 Å². The molecule has 24 heavy (non-hydrogen) atoms. The summed E-state index contributed by atoms with van der Waals surface area (Å²) >= 11 is 0. The lowest BCUT2D eigenvalue weighted by Crippen LogP contribution is -2.41. The van der Waals surface area contributed by atoms with Gasteiger partial charge in [0.2, 0.25) is 5.91 Å². The molecule has 1 saturated heterocycles. The topological polar surface area (TPSA) is 62.5 Å². The van der Waals surface area contributed by atoms with Crippen LogP contribution in [0.25, 0.3) is 0 Å². The molecule has 2 aromatic rings. The standard InChI is InChI=1S/C18H24N4O2/c1-14(17-5-8-19-13-20-17)21(2)18(23)15-6-9-22(10-7-15)12-16-4-3-11-24-16/h3-5,8,11,13-15H,6-7,9-10,12H2,1-2H3/t14-/m0/s1. The number of carbonyl (C=O) groups excluding carboxylic acids is 1. The van der Waals surface area contributed by atoms with Crippen molar-refractivity contribution < 1.29 is 9.21 Å². The minimum atomic E-state index is -0.0401. The van der Waals surface area contributed by atoms with Crippen molar-refractivity contribution in [1.29, 1.82) is 0 Å². The highest BCUT2D eigenvalue weighted by molar-refractivity contribution is 5.79. The van der Waals surface area contributed by atoms with Crippen LogP contribution >= 0.6 is 0 Å². The second kappa shape index (κ2) is 7.57. The Morgan fingerprint density at radius 1 is 1.42 bits per heavy atom. The number of hydrogen-bond donors (Lipinski definition) is 0. The first kappa shape index (κ1) is 16.6. The largest absolute Gasteiger partial charge is 0.468 e. The molecular weight excluding hydrogens is 304 g/mol. The maximum absolute atomic E-state index is 12.8. The van der Waals surface area contributed by atoms with Crippen molar-refractivity contribution in [1.82, 2.24) is 19.8 Å². The van der Waals surface area contributed by atoms with Crippen LogP contribution in [0.4, 0.5) is 0 Å². The molecule has 0 aliphatic carbocycles. The number of hydrogen-bond acceptors (Lipinski definition) is 5. The van der Waals surface area contributed by atoms with Gasteiger partial charge in [-0.05, 0) is 51.1 Å². The maximum atomic E-state index is 12.8. The van der Waals surface area contributed by atoms with Gasteiger partial charge in [0.1, 0.15) is 12.1 Å². The Balaban J connectivity index is 1.53. The summed E-state index contributed by atoms with van der Waals surface area (Å²) in [5.74, 6) is 1.28. The molecule has 3 rings (SSSR count). The minimum absolute atomic E-state index is 0.0401. The third kappa shape index (κ3) is 3.82. The van der Waals surface area contributed by atoms with Crippen LogP contribution in [0.1, 0.15) is 37.3 Å². The van der Waals surface area contributed by atoms with E-state index in [1.54, 1.807) is 12.5 Å². The molecule has 0 N–H and O–H groups in total. The Kier molecular flexibility index (Phi) is 5.25. The van der Waals surface area contributed by atoms with E-state index >= 15 is 0 Å². The molecule has 1 aliphatic rings. The number of furan rings is 1. The second-order valence-corrected chi connectivity index (χ2v) is 6.39. The van der Waals surface area contributed by atoms with Crippen molar-refractivity contribution in [3.63, 3.8) is 0 Å². The zero-order valence-electron chi connectivity index (χ0n) is 14.3. The van der Waals surface area contributed by atoms with Crippen LogP contribution in [-0.2, 0) is 11.3 Å². The molecule has 128 valence electrons. The van der Waals surface area contributed by atoms with Gasteiger partial charge in [0.25, 0.3) is 0 Å². The fraction of sp³-hybridized carbons (Fsp3) is 0.500. The molecule has 1 fully saturated rings. The third-order valence-electron chi connectivity index (χ3n) is 4.86. The van der Waals surface area contributed by atoms with Gasteiger partial charge in [-0.15, -0.1) is 0 Å². The first-order chi connectivity index (χ1) is 11.6. The van der Waals surface area contributed by atoms with Crippen LogP contribution in [0, 0.1) is 5.92 Å². The Bertz CT molecular complexity index is 636. The smallest absolute Gasteiger partial charge is 0.226 e. The predicted molar refractivity (Wildman–Crippen MR) is 89.9 cm³/mol. The van der Waals surface area contributed by atoms with Gasteiger partial charge in [-0.2, -0.15) is 0 Å². The van der Waals surface area contributed by atoms with Crippen LogP contribution < -0.4 is 0 Å². The molecule has 6 heteroatoms. The van der Waals surface area contributed by atoms with Crippen molar-refractivity contribution in [2.24, 2.45) is 5.92 Å². The number of carbonyl (C=O) groups is 1. The van der Waals surface area contributed by atoms with Crippen LogP contribution in [-0.4, -0.2) is 45.8 Å². The highest BCUT2D eigenvalue weighted by Gasteiger charge is 2.29. The van der Waals surface area contributed by atoms with Crippen molar-refractivity contribution in [2.45, 2.75) is 32.4 Å². The van der Waals surface area contributed by atoms with Crippen LogP contribution in [0.3, 0.4) is 0 Å². The maximum Gasteiger partial charge on any atom is 0.226 e. The quantitative estimate of drug-likeness (QED) is 0.844. The molecule has 1 atom stereocenters. The number of aromatic nitrogens is 2. The van der Waals surface area contributed by atoms with Crippen molar-refractivity contribution in [3.8, 4) is 0 Å². The number of amides is 1. The van der Waals surface area contributed by atoms with Gasteiger partial charge in [-0.3, -0.25) is 9.69 Å². The van der Waals surface area contributed by atoms with Gasteiger partial charge < -0.3 is 9.32 Å². The molecule has 3 heterocycles. The molecule has 0 spiro atoms. The van der Waals surface area contributed by atoms with E-state index in [-0.39, 0.29) is 17.9 Å². The summed E-state index contributed by atoms with van der Waals surface area (Å²) in [5, 5.41) is 0. The Morgan fingerprint density at radius 3 is 2.83 bits per heavy atom. The lowest BCUT2D eigenvalue weighted by atomic mass is 9.94. The number of piperidine rings is 1. The molecule has 0 bridgehead atoms. The Hall–Kier alpha value is -2.21. The summed E-state index contributed by atoms with van der Waals surface area (Å²) < 4.78 is 5.40. The Labute approximate surface area is 142 Å². The van der Waals surface area contributed by atoms with E-state index in [4.69, 9.17) is 4.42 Å². The predicted octanol–water partition coefficient (Wildman–Crippen LogP) is 2.50. The average molecular weight is 328 g/mol. The van der Waals surface area contributed by atoms with Crippen molar-refractivity contribution in [2.75, 3.05) is 20.1 Å². The summed E-state index contributed by atoms with van der Waals surface area (Å²) in [6, 6.07) is 5.73. The second-order valence-electron chi connectivity index (χ2n) is 6.39. The molecule has 6 nitrogen and oxygen atoms in total. The SMILES string of the molecule is C[C@@H](c1ccncn1)N(C)C(=O)C1CCN(Cc2ccco2)CC1. The van der Waals surface area contributed by atoms with Crippen LogP contribution in [0.5, 0.6) is 0 Å². The number of rotatable bonds is 5. The number of likely N-dealkylation sites (tertiary alicyclic amines) is 1. The lowest BCUT2D eigenvalue weighted by molar-refractivity contribution is -0.137. The van der Waals surface area contributed by atoms with E-state index in [2.05, 4.69) is 14.9 Å². The summed E-state index contributed by atoms with van der Waals surface area (Å²) in [6.45, 7) is 4.67. The molecule has 2 aromatic heterocycles. The van der Waals surface area contributed by atoms with E-state index in [1.807, 2.05) is 37.1 Å². The van der Waals surface area contributed by atoms with Gasteiger partial charge >= 0.3 is 0 Å². The Morgan fingerprint density at radius 2 is 2.21 bits per heavy atom. The molecule has 0 unspecified atom stereocenters. The molecule has 0 aromatic carbocycles. The van der Waals surface area contributed by atoms with E-state index < -0.39 is 0 Å². The third-order valence-corrected chi connectivity index (χ3v) is 4.86. The lowest BCUT2D eigenvalue weighted by Gasteiger charge is -2.34. The zero-order valence-corrected chi connectivity index (χ0v) is 14.3. The van der Waals surface area contributed by atoms with Crippen molar-refractivity contribution in [3.05, 3.63) is 48.4 Å². The van der Waals surface area contributed by atoms with E-state index in [0.29, 0.717) is 0 Å². The number of nitrogens with zero attached hydrogens (tertiary/aromatic N) is 4. The molecule has 0 saturated carbocycles. The molecule has 0 radical (unpaired) electrons. The van der Waals surface area contributed by atoms with Gasteiger partial charge in [-0.25, -0.2) is 9.97 Å². The zero-order chi connectivity index (χ0) is 16.9. The van der Waals surface area contributed by atoms with Gasteiger partial charge in [0.05, 0.1) is 24.5 Å².